The van der Waals surface area contributed by atoms with Gasteiger partial charge in [-0.05, 0) is 67.8 Å². The number of pyridine rings is 2. The topological polar surface area (TPSA) is 44.2 Å². The number of aromatic nitrogens is 2. The van der Waals surface area contributed by atoms with E-state index in [-0.39, 0.29) is 5.04 Å². The van der Waals surface area contributed by atoms with Crippen LogP contribution in [0.15, 0.2) is 30.5 Å². The summed E-state index contributed by atoms with van der Waals surface area (Å²) >= 11 is 0. The fraction of sp³-hybridized carbons (Fsp3) is 0.583. The van der Waals surface area contributed by atoms with Gasteiger partial charge in [-0.25, -0.2) is 4.98 Å². The van der Waals surface area contributed by atoms with E-state index in [9.17, 15) is 0 Å². The highest BCUT2D eigenvalue weighted by molar-refractivity contribution is 6.74. The maximum absolute atomic E-state index is 6.46. The van der Waals surface area contributed by atoms with Crippen molar-refractivity contribution >= 4 is 25.4 Å². The summed E-state index contributed by atoms with van der Waals surface area (Å²) in [5.41, 5.74) is 2.91. The molecule has 0 amide bonds. The lowest BCUT2D eigenvalue weighted by molar-refractivity contribution is 0.181. The van der Waals surface area contributed by atoms with Gasteiger partial charge in [0.2, 0.25) is 5.88 Å². The van der Waals surface area contributed by atoms with E-state index < -0.39 is 8.32 Å². The van der Waals surface area contributed by atoms with Gasteiger partial charge in [-0.1, -0.05) is 32.9 Å². The third-order valence-electron chi connectivity index (χ3n) is 6.72. The molecule has 0 unspecified atom stereocenters. The lowest BCUT2D eigenvalue weighted by atomic mass is 9.82. The standard InChI is InChI=1S/C24H36N2O2Si/c1-24(2,3)29(5,6)28-17-19-9-7-18(8-10-19)11-12-20-15-16-25-21-13-14-22(27-4)26-23(20)21/h11-16,18-19H,7-10,17H2,1-6H3/t18-,19-. The van der Waals surface area contributed by atoms with Gasteiger partial charge in [0, 0.05) is 24.4 Å². The van der Waals surface area contributed by atoms with Gasteiger partial charge in [0.15, 0.2) is 8.32 Å². The summed E-state index contributed by atoms with van der Waals surface area (Å²) in [5.74, 6) is 1.97. The van der Waals surface area contributed by atoms with Crippen LogP contribution < -0.4 is 4.74 Å². The largest absolute Gasteiger partial charge is 0.481 e. The summed E-state index contributed by atoms with van der Waals surface area (Å²) in [6.45, 7) is 12.6. The predicted octanol–water partition coefficient (Wildman–Crippen LogP) is 6.48. The molecule has 1 saturated carbocycles. The van der Waals surface area contributed by atoms with Crippen LogP contribution in [0.5, 0.6) is 5.88 Å². The zero-order valence-corrected chi connectivity index (χ0v) is 19.9. The van der Waals surface area contributed by atoms with Crippen LogP contribution in [-0.4, -0.2) is 32.0 Å². The molecular weight excluding hydrogens is 376 g/mol. The van der Waals surface area contributed by atoms with E-state index in [1.807, 2.05) is 24.4 Å². The first kappa shape index (κ1) is 22.0. The van der Waals surface area contributed by atoms with Crippen molar-refractivity contribution in [3.05, 3.63) is 36.0 Å². The first-order valence-electron chi connectivity index (χ1n) is 10.8. The lowest BCUT2D eigenvalue weighted by Crippen LogP contribution is -2.42. The van der Waals surface area contributed by atoms with Gasteiger partial charge in [-0.2, -0.15) is 0 Å². The first-order chi connectivity index (χ1) is 13.7. The van der Waals surface area contributed by atoms with E-state index in [2.05, 4.69) is 56.0 Å². The molecule has 1 aliphatic carbocycles. The van der Waals surface area contributed by atoms with Gasteiger partial charge >= 0.3 is 0 Å². The molecule has 1 fully saturated rings. The van der Waals surface area contributed by atoms with Crippen LogP contribution in [-0.2, 0) is 4.43 Å². The molecule has 4 nitrogen and oxygen atoms in total. The number of methoxy groups -OCH3 is 1. The Balaban J connectivity index is 1.57. The van der Waals surface area contributed by atoms with Crippen molar-refractivity contribution in [2.24, 2.45) is 11.8 Å². The van der Waals surface area contributed by atoms with Crippen LogP contribution in [0.1, 0.15) is 52.0 Å². The van der Waals surface area contributed by atoms with E-state index in [1.54, 1.807) is 7.11 Å². The summed E-state index contributed by atoms with van der Waals surface area (Å²) in [4.78, 5) is 9.00. The lowest BCUT2D eigenvalue weighted by Gasteiger charge is -2.38. The minimum absolute atomic E-state index is 0.289. The maximum Gasteiger partial charge on any atom is 0.213 e. The molecule has 5 heteroatoms. The van der Waals surface area contributed by atoms with E-state index >= 15 is 0 Å². The smallest absolute Gasteiger partial charge is 0.213 e. The molecule has 29 heavy (non-hydrogen) atoms. The van der Waals surface area contributed by atoms with Gasteiger partial charge < -0.3 is 9.16 Å². The van der Waals surface area contributed by atoms with E-state index in [1.165, 1.54) is 25.7 Å². The highest BCUT2D eigenvalue weighted by atomic mass is 28.4. The Kier molecular flexibility index (Phi) is 6.79. The average molecular weight is 413 g/mol. The second-order valence-corrected chi connectivity index (χ2v) is 14.6. The second kappa shape index (κ2) is 8.96. The normalized spacial score (nSPS) is 21.0. The molecular formula is C24H36N2O2Si. The van der Waals surface area contributed by atoms with Crippen LogP contribution in [0.4, 0.5) is 0 Å². The molecule has 2 aromatic heterocycles. The Hall–Kier alpha value is -1.72. The van der Waals surface area contributed by atoms with Crippen molar-refractivity contribution in [1.82, 2.24) is 9.97 Å². The maximum atomic E-state index is 6.46. The second-order valence-electron chi connectivity index (χ2n) is 9.83. The number of fused-ring (bicyclic) bond motifs is 1. The summed E-state index contributed by atoms with van der Waals surface area (Å²) < 4.78 is 11.7. The van der Waals surface area contributed by atoms with Gasteiger partial charge in [0.25, 0.3) is 0 Å². The third-order valence-corrected chi connectivity index (χ3v) is 11.2. The molecule has 0 atom stereocenters. The SMILES string of the molecule is COc1ccc2nccc(C=C[C@H]3CC[C@H](CO[Si](C)(C)C(C)(C)C)CC3)c2n1. The molecule has 158 valence electrons. The van der Waals surface area contributed by atoms with Gasteiger partial charge in [-0.3, -0.25) is 4.98 Å². The van der Waals surface area contributed by atoms with E-state index in [0.29, 0.717) is 17.7 Å². The summed E-state index contributed by atoms with van der Waals surface area (Å²) in [6, 6.07) is 5.85. The highest BCUT2D eigenvalue weighted by Crippen LogP contribution is 2.38. The number of allylic oxidation sites excluding steroid dienone is 1. The van der Waals surface area contributed by atoms with Crippen LogP contribution >= 0.6 is 0 Å². The minimum atomic E-state index is -1.64. The van der Waals surface area contributed by atoms with Gasteiger partial charge in [0.1, 0.15) is 0 Å². The number of hydrogen-bond acceptors (Lipinski definition) is 4. The zero-order chi connectivity index (χ0) is 21.1. The molecule has 0 spiro atoms. The van der Waals surface area contributed by atoms with Crippen molar-refractivity contribution in [1.29, 1.82) is 0 Å². The van der Waals surface area contributed by atoms with Gasteiger partial charge in [-0.15, -0.1) is 0 Å². The van der Waals surface area contributed by atoms with Crippen LogP contribution in [0, 0.1) is 11.8 Å². The number of rotatable bonds is 6. The van der Waals surface area contributed by atoms with Crippen molar-refractivity contribution < 1.29 is 9.16 Å². The third kappa shape index (κ3) is 5.46. The molecule has 0 saturated heterocycles. The number of hydrogen-bond donors (Lipinski definition) is 0. The molecule has 1 aliphatic rings. The zero-order valence-electron chi connectivity index (χ0n) is 18.9. The predicted molar refractivity (Wildman–Crippen MR) is 124 cm³/mol. The van der Waals surface area contributed by atoms with Crippen LogP contribution in [0.3, 0.4) is 0 Å². The Morgan fingerprint density at radius 1 is 1.10 bits per heavy atom. The average Bonchev–Trinajstić information content (AvgIpc) is 2.70. The Bertz CT molecular complexity index is 850. The number of ether oxygens (including phenoxy) is 1. The highest BCUT2D eigenvalue weighted by Gasteiger charge is 2.37. The van der Waals surface area contributed by atoms with Crippen molar-refractivity contribution in [3.63, 3.8) is 0 Å². The molecule has 3 rings (SSSR count). The minimum Gasteiger partial charge on any atom is -0.481 e. The summed E-state index contributed by atoms with van der Waals surface area (Å²) in [5, 5.41) is 0.289. The van der Waals surface area contributed by atoms with Gasteiger partial charge in [0.05, 0.1) is 18.1 Å². The summed E-state index contributed by atoms with van der Waals surface area (Å²) in [7, 11) is 0.00988. The molecule has 0 radical (unpaired) electrons. The molecule has 0 aromatic carbocycles. The van der Waals surface area contributed by atoms with E-state index in [4.69, 9.17) is 9.16 Å². The fourth-order valence-corrected chi connectivity index (χ4v) is 4.69. The quantitative estimate of drug-likeness (QED) is 0.509. The van der Waals surface area contributed by atoms with E-state index in [0.717, 1.165) is 23.2 Å². The molecule has 2 heterocycles. The Morgan fingerprint density at radius 2 is 1.83 bits per heavy atom. The fourth-order valence-electron chi connectivity index (χ4n) is 3.61. The van der Waals surface area contributed by atoms with Crippen molar-refractivity contribution in [2.45, 2.75) is 64.6 Å². The van der Waals surface area contributed by atoms with Crippen LogP contribution in [0.25, 0.3) is 17.1 Å². The molecule has 0 N–H and O–H groups in total. The van der Waals surface area contributed by atoms with Crippen molar-refractivity contribution in [2.75, 3.05) is 13.7 Å². The molecule has 2 aromatic rings. The monoisotopic (exact) mass is 412 g/mol. The Labute approximate surface area is 176 Å². The molecule has 0 bridgehead atoms. The number of nitrogens with zero attached hydrogens (tertiary/aromatic N) is 2. The summed E-state index contributed by atoms with van der Waals surface area (Å²) in [6.07, 6.45) is 11.4. The van der Waals surface area contributed by atoms with Crippen LogP contribution in [0.2, 0.25) is 18.1 Å². The first-order valence-corrected chi connectivity index (χ1v) is 13.7. The van der Waals surface area contributed by atoms with Crippen molar-refractivity contribution in [3.8, 4) is 5.88 Å². The molecule has 0 aliphatic heterocycles. The Morgan fingerprint density at radius 3 is 2.48 bits per heavy atom.